The minimum atomic E-state index is -0.395. The van der Waals surface area contributed by atoms with Crippen molar-refractivity contribution in [2.45, 2.75) is 6.54 Å². The Kier molecular flexibility index (Phi) is 5.50. The van der Waals surface area contributed by atoms with Gasteiger partial charge in [0.1, 0.15) is 5.69 Å². The van der Waals surface area contributed by atoms with Crippen LogP contribution in [0.4, 0.5) is 5.69 Å². The summed E-state index contributed by atoms with van der Waals surface area (Å²) < 4.78 is 0. The molecule has 27 heavy (non-hydrogen) atoms. The molecule has 3 aromatic rings. The van der Waals surface area contributed by atoms with Gasteiger partial charge < -0.3 is 10.6 Å². The van der Waals surface area contributed by atoms with Crippen LogP contribution in [-0.2, 0) is 6.54 Å². The van der Waals surface area contributed by atoms with Crippen LogP contribution in [0.5, 0.6) is 0 Å². The topological polar surface area (TPSA) is 108 Å². The molecule has 0 unspecified atom stereocenters. The van der Waals surface area contributed by atoms with Gasteiger partial charge in [-0.1, -0.05) is 12.1 Å². The van der Waals surface area contributed by atoms with Crippen LogP contribution in [0.15, 0.2) is 67.1 Å². The Balaban J connectivity index is 1.68. The van der Waals surface area contributed by atoms with Crippen molar-refractivity contribution in [2.75, 3.05) is 5.32 Å². The molecular formula is C20H15N5O2. The van der Waals surface area contributed by atoms with Crippen molar-refractivity contribution < 1.29 is 9.59 Å². The van der Waals surface area contributed by atoms with Crippen LogP contribution in [0.25, 0.3) is 0 Å². The molecule has 0 aliphatic heterocycles. The molecule has 0 aliphatic rings. The number of anilines is 1. The second-order valence-corrected chi connectivity index (χ2v) is 5.62. The standard InChI is InChI=1S/C20H15N5O2/c21-11-14-3-1-5-17(9-14)25-19(26)16-6-8-23-18(10-16)20(27)24-13-15-4-2-7-22-12-15/h1-10,12H,13H2,(H,24,27)(H,25,26). The number of nitrogens with one attached hydrogen (secondary N) is 2. The Bertz CT molecular complexity index is 1010. The molecular weight excluding hydrogens is 342 g/mol. The van der Waals surface area contributed by atoms with Gasteiger partial charge in [0.05, 0.1) is 11.6 Å². The molecule has 7 nitrogen and oxygen atoms in total. The van der Waals surface area contributed by atoms with E-state index in [1.54, 1.807) is 42.7 Å². The number of benzene rings is 1. The van der Waals surface area contributed by atoms with Crippen LogP contribution in [0.3, 0.4) is 0 Å². The number of amides is 2. The van der Waals surface area contributed by atoms with E-state index in [2.05, 4.69) is 20.6 Å². The van der Waals surface area contributed by atoms with Gasteiger partial charge in [-0.2, -0.15) is 5.26 Å². The maximum absolute atomic E-state index is 12.4. The molecule has 1 aromatic carbocycles. The van der Waals surface area contributed by atoms with E-state index in [-0.39, 0.29) is 11.6 Å². The first kappa shape index (κ1) is 17.8. The largest absolute Gasteiger partial charge is 0.347 e. The van der Waals surface area contributed by atoms with Crippen LogP contribution in [0.2, 0.25) is 0 Å². The summed E-state index contributed by atoms with van der Waals surface area (Å²) in [5.41, 5.74) is 2.23. The zero-order valence-corrected chi connectivity index (χ0v) is 14.2. The SMILES string of the molecule is N#Cc1cccc(NC(=O)c2ccnc(C(=O)NCc3cccnc3)c2)c1. The number of pyridine rings is 2. The average Bonchev–Trinajstić information content (AvgIpc) is 2.73. The second kappa shape index (κ2) is 8.36. The van der Waals surface area contributed by atoms with Crippen LogP contribution < -0.4 is 10.6 Å². The number of nitriles is 1. The summed E-state index contributed by atoms with van der Waals surface area (Å²) in [6.45, 7) is 0.311. The number of rotatable bonds is 5. The van der Waals surface area contributed by atoms with Gasteiger partial charge in [-0.05, 0) is 42.0 Å². The van der Waals surface area contributed by atoms with E-state index >= 15 is 0 Å². The summed E-state index contributed by atoms with van der Waals surface area (Å²) in [7, 11) is 0. The third kappa shape index (κ3) is 4.74. The van der Waals surface area contributed by atoms with Crippen molar-refractivity contribution in [3.63, 3.8) is 0 Å². The Hall–Kier alpha value is -4.05. The van der Waals surface area contributed by atoms with Gasteiger partial charge in [0.15, 0.2) is 0 Å². The van der Waals surface area contributed by atoms with Crippen LogP contribution >= 0.6 is 0 Å². The Morgan fingerprint density at radius 2 is 1.93 bits per heavy atom. The van der Waals surface area contributed by atoms with Crippen molar-refractivity contribution in [3.8, 4) is 6.07 Å². The summed E-state index contributed by atoms with van der Waals surface area (Å²) in [6.07, 6.45) is 4.72. The molecule has 0 radical (unpaired) electrons. The van der Waals surface area contributed by atoms with Crippen molar-refractivity contribution in [3.05, 3.63) is 89.5 Å². The summed E-state index contributed by atoms with van der Waals surface area (Å²) in [4.78, 5) is 32.7. The average molecular weight is 357 g/mol. The Morgan fingerprint density at radius 3 is 2.70 bits per heavy atom. The maximum atomic E-state index is 12.4. The van der Waals surface area contributed by atoms with Crippen LogP contribution in [0, 0.1) is 11.3 Å². The van der Waals surface area contributed by atoms with Crippen molar-refractivity contribution >= 4 is 17.5 Å². The minimum absolute atomic E-state index is 0.136. The Labute approximate surface area is 155 Å². The lowest BCUT2D eigenvalue weighted by molar-refractivity contribution is 0.0946. The highest BCUT2D eigenvalue weighted by molar-refractivity contribution is 6.05. The van der Waals surface area contributed by atoms with E-state index in [9.17, 15) is 9.59 Å². The minimum Gasteiger partial charge on any atom is -0.347 e. The van der Waals surface area contributed by atoms with E-state index in [4.69, 9.17) is 5.26 Å². The first-order chi connectivity index (χ1) is 13.2. The zero-order valence-electron chi connectivity index (χ0n) is 14.2. The van der Waals surface area contributed by atoms with Gasteiger partial charge in [0, 0.05) is 36.4 Å². The van der Waals surface area contributed by atoms with Crippen LogP contribution in [0.1, 0.15) is 32.0 Å². The number of carbonyl (C=O) groups excluding carboxylic acids is 2. The predicted octanol–water partition coefficient (Wildman–Crippen LogP) is 2.53. The predicted molar refractivity (Wildman–Crippen MR) is 98.8 cm³/mol. The molecule has 0 spiro atoms. The van der Waals surface area contributed by atoms with Gasteiger partial charge in [-0.25, -0.2) is 0 Å². The highest BCUT2D eigenvalue weighted by Crippen LogP contribution is 2.12. The third-order valence-corrected chi connectivity index (χ3v) is 3.68. The van der Waals surface area contributed by atoms with E-state index in [1.807, 2.05) is 12.1 Å². The smallest absolute Gasteiger partial charge is 0.270 e. The fourth-order valence-electron chi connectivity index (χ4n) is 2.34. The summed E-state index contributed by atoms with van der Waals surface area (Å²) in [6, 6.07) is 15.2. The van der Waals surface area contributed by atoms with E-state index < -0.39 is 5.91 Å². The molecule has 0 aliphatic carbocycles. The molecule has 2 amide bonds. The summed E-state index contributed by atoms with van der Waals surface area (Å²) in [5, 5.41) is 14.4. The number of hydrogen-bond acceptors (Lipinski definition) is 5. The third-order valence-electron chi connectivity index (χ3n) is 3.68. The lowest BCUT2D eigenvalue weighted by Crippen LogP contribution is -2.24. The van der Waals surface area contributed by atoms with E-state index in [0.717, 1.165) is 5.56 Å². The molecule has 0 atom stereocenters. The van der Waals surface area contributed by atoms with Crippen molar-refractivity contribution in [2.24, 2.45) is 0 Å². The number of hydrogen-bond donors (Lipinski definition) is 2. The second-order valence-electron chi connectivity index (χ2n) is 5.62. The van der Waals surface area contributed by atoms with Gasteiger partial charge in [0.25, 0.3) is 11.8 Å². The monoisotopic (exact) mass is 357 g/mol. The highest BCUT2D eigenvalue weighted by Gasteiger charge is 2.12. The van der Waals surface area contributed by atoms with Crippen molar-refractivity contribution in [1.82, 2.24) is 15.3 Å². The van der Waals surface area contributed by atoms with Crippen molar-refractivity contribution in [1.29, 1.82) is 5.26 Å². The van der Waals surface area contributed by atoms with E-state index in [1.165, 1.54) is 18.3 Å². The molecule has 2 heterocycles. The number of aromatic nitrogens is 2. The first-order valence-corrected chi connectivity index (χ1v) is 8.10. The molecule has 0 fully saturated rings. The van der Waals surface area contributed by atoms with Gasteiger partial charge in [0.2, 0.25) is 0 Å². The lowest BCUT2D eigenvalue weighted by Gasteiger charge is -2.08. The molecule has 0 saturated heterocycles. The molecule has 132 valence electrons. The van der Waals surface area contributed by atoms with Gasteiger partial charge >= 0.3 is 0 Å². The quantitative estimate of drug-likeness (QED) is 0.729. The first-order valence-electron chi connectivity index (χ1n) is 8.10. The number of carbonyl (C=O) groups is 2. The Morgan fingerprint density at radius 1 is 1.04 bits per heavy atom. The number of nitrogens with zero attached hydrogens (tertiary/aromatic N) is 3. The molecule has 2 N–H and O–H groups in total. The normalized spacial score (nSPS) is 9.89. The summed E-state index contributed by atoms with van der Waals surface area (Å²) >= 11 is 0. The summed E-state index contributed by atoms with van der Waals surface area (Å²) in [5.74, 6) is -0.784. The van der Waals surface area contributed by atoms with Gasteiger partial charge in [-0.3, -0.25) is 19.6 Å². The molecule has 3 rings (SSSR count). The molecule has 7 heteroatoms. The van der Waals surface area contributed by atoms with E-state index in [0.29, 0.717) is 23.4 Å². The zero-order chi connectivity index (χ0) is 19.1. The molecule has 0 bridgehead atoms. The maximum Gasteiger partial charge on any atom is 0.270 e. The lowest BCUT2D eigenvalue weighted by atomic mass is 10.2. The molecule has 2 aromatic heterocycles. The molecule has 0 saturated carbocycles. The van der Waals surface area contributed by atoms with Gasteiger partial charge in [-0.15, -0.1) is 0 Å². The fourth-order valence-corrected chi connectivity index (χ4v) is 2.34. The fraction of sp³-hybridized carbons (Fsp3) is 0.0500. The highest BCUT2D eigenvalue weighted by atomic mass is 16.2. The van der Waals surface area contributed by atoms with Crippen LogP contribution in [-0.4, -0.2) is 21.8 Å².